The van der Waals surface area contributed by atoms with Crippen LogP contribution < -0.4 is 0 Å². The summed E-state index contributed by atoms with van der Waals surface area (Å²) in [7, 11) is 6.54. The highest BCUT2D eigenvalue weighted by atomic mass is 16.7. The van der Waals surface area contributed by atoms with Crippen LogP contribution in [0, 0.1) is 35.5 Å². The van der Waals surface area contributed by atoms with Gasteiger partial charge in [-0.05, 0) is 90.9 Å². The van der Waals surface area contributed by atoms with E-state index in [1.807, 2.05) is 33.8 Å². The van der Waals surface area contributed by atoms with Crippen molar-refractivity contribution in [2.24, 2.45) is 35.5 Å². The Labute approximate surface area is 365 Å². The second kappa shape index (κ2) is 23.9. The summed E-state index contributed by atoms with van der Waals surface area (Å²) < 4.78 is 42.6. The van der Waals surface area contributed by atoms with Gasteiger partial charge < -0.3 is 63.4 Å². The number of ketones is 1. The molecule has 0 aliphatic carbocycles. The first-order chi connectivity index (χ1) is 28.8. The summed E-state index contributed by atoms with van der Waals surface area (Å²) in [6, 6.07) is -0.684. The molecule has 7 unspecified atom stereocenters. The summed E-state index contributed by atoms with van der Waals surface area (Å²) in [5.74, 6) is -1.46. The zero-order valence-electron chi connectivity index (χ0n) is 38.9. The number of rotatable bonds is 12. The Morgan fingerprint density at radius 3 is 2.05 bits per heavy atom. The minimum absolute atomic E-state index is 0.0427. The van der Waals surface area contributed by atoms with E-state index >= 15 is 0 Å². The van der Waals surface area contributed by atoms with E-state index in [1.165, 1.54) is 20.6 Å². The number of aliphatic hydroxyl groups is 4. The quantitative estimate of drug-likeness (QED) is 0.209. The Morgan fingerprint density at radius 1 is 0.820 bits per heavy atom. The van der Waals surface area contributed by atoms with Gasteiger partial charge in [0.15, 0.2) is 18.4 Å². The van der Waals surface area contributed by atoms with Crippen LogP contribution in [-0.4, -0.2) is 176 Å². The van der Waals surface area contributed by atoms with E-state index in [9.17, 15) is 30.0 Å². The number of likely N-dealkylation sites (tertiary alicyclic amines) is 1. The van der Waals surface area contributed by atoms with Gasteiger partial charge >= 0.3 is 5.97 Å². The Kier molecular flexibility index (Phi) is 20.3. The van der Waals surface area contributed by atoms with Gasteiger partial charge in [0, 0.05) is 45.1 Å². The van der Waals surface area contributed by atoms with E-state index in [-0.39, 0.29) is 24.7 Å². The van der Waals surface area contributed by atoms with Crippen molar-refractivity contribution in [2.75, 3.05) is 54.6 Å². The van der Waals surface area contributed by atoms with Gasteiger partial charge in [-0.1, -0.05) is 52.3 Å². The number of piperidine rings is 1. The highest BCUT2D eigenvalue weighted by molar-refractivity contribution is 5.91. The third kappa shape index (κ3) is 13.8. The van der Waals surface area contributed by atoms with E-state index < -0.39 is 103 Å². The fourth-order valence-electron chi connectivity index (χ4n) is 10.0. The van der Waals surface area contributed by atoms with Gasteiger partial charge in [-0.25, -0.2) is 0 Å². The molecule has 4 rings (SSSR count). The molecule has 19 atom stereocenters. The SMILES string of the molecule is CC[C@H]1OC(=O)C[C@@H](O)[C@H](C)[C@@H](O[C@@H]2OC(C)[C@@H](O)C(N(C)C)C2O)[C@@H](CCN2CC(C)CC(C)C2)C[C@@H](C)C(=O)/C=C/C(C)=C/[C@@H]1CO[C@H]1OC(C)[C@@H](O)C(OC)[C@H]1OC. The molecule has 0 aromatic carbocycles. The van der Waals surface area contributed by atoms with Gasteiger partial charge in [0.2, 0.25) is 0 Å². The first-order valence-corrected chi connectivity index (χ1v) is 22.6. The summed E-state index contributed by atoms with van der Waals surface area (Å²) in [6.45, 7) is 18.2. The minimum Gasteiger partial charge on any atom is -0.462 e. The molecule has 0 spiro atoms. The van der Waals surface area contributed by atoms with Crippen LogP contribution >= 0.6 is 0 Å². The molecule has 4 N–H and O–H groups in total. The highest BCUT2D eigenvalue weighted by Gasteiger charge is 2.48. The molecule has 15 nitrogen and oxygen atoms in total. The average Bonchev–Trinajstić information content (AvgIpc) is 3.19. The van der Waals surface area contributed by atoms with Crippen molar-refractivity contribution in [3.63, 3.8) is 0 Å². The average molecular weight is 869 g/mol. The predicted molar refractivity (Wildman–Crippen MR) is 229 cm³/mol. The molecule has 352 valence electrons. The number of aliphatic hydroxyl groups excluding tert-OH is 4. The van der Waals surface area contributed by atoms with Crippen molar-refractivity contribution >= 4 is 11.8 Å². The molecule has 4 aliphatic heterocycles. The van der Waals surface area contributed by atoms with Gasteiger partial charge in [-0.3, -0.25) is 9.59 Å². The van der Waals surface area contributed by atoms with Gasteiger partial charge in [-0.2, -0.15) is 0 Å². The van der Waals surface area contributed by atoms with Crippen LogP contribution in [0.2, 0.25) is 0 Å². The lowest BCUT2D eigenvalue weighted by atomic mass is 9.79. The molecule has 15 heteroatoms. The van der Waals surface area contributed by atoms with E-state index in [0.29, 0.717) is 31.1 Å². The zero-order chi connectivity index (χ0) is 45.3. The number of carbonyl (C=O) groups excluding carboxylic acids is 2. The first-order valence-electron chi connectivity index (χ1n) is 22.6. The Hall–Kier alpha value is -1.86. The number of nitrogens with zero attached hydrogens (tertiary/aromatic N) is 2. The summed E-state index contributed by atoms with van der Waals surface area (Å²) in [6.07, 6.45) is -2.96. The maximum absolute atomic E-state index is 14.0. The molecule has 0 radical (unpaired) electrons. The second-order valence-electron chi connectivity index (χ2n) is 18.9. The van der Waals surface area contributed by atoms with Gasteiger partial charge in [0.25, 0.3) is 0 Å². The molecule has 0 aromatic heterocycles. The fraction of sp³-hybridized carbons (Fsp3) is 0.870. The molecular formula is C46H80N2O13. The van der Waals surface area contributed by atoms with Crippen LogP contribution in [0.4, 0.5) is 0 Å². The Morgan fingerprint density at radius 2 is 1.44 bits per heavy atom. The standard InChI is InChI=1S/C46H80N2O13/c1-13-36-33(24-57-46-44(56-12)43(55-11)40(53)31(8)59-46)19-25(2)14-15-34(49)28(5)20-32(16-17-48-22-26(3)18-27(4)23-48)42(29(6)35(50)21-37(51)60-36)61-45-41(54)38(47(9)10)39(52)30(7)58-45/h14-15,19,26-33,35-36,38-46,50,52-54H,13,16-18,20-24H2,1-12H3/b15-14+,25-19+/t26?,27?,28-,29+,30?,31?,32+,33-,35-,36-,38?,39-,40-,41?,42-,43?,44-,45+,46+/m1/s1. The predicted octanol–water partition coefficient (Wildman–Crippen LogP) is 3.34. The number of hydrogen-bond acceptors (Lipinski definition) is 15. The van der Waals surface area contributed by atoms with Crippen molar-refractivity contribution in [1.82, 2.24) is 9.80 Å². The minimum atomic E-state index is -1.23. The second-order valence-corrected chi connectivity index (χ2v) is 18.9. The molecule has 0 amide bonds. The summed E-state index contributed by atoms with van der Waals surface area (Å²) in [5.41, 5.74) is 0.761. The first kappa shape index (κ1) is 51.8. The van der Waals surface area contributed by atoms with E-state index in [0.717, 1.165) is 25.2 Å². The normalized spacial score (nSPS) is 44.3. The summed E-state index contributed by atoms with van der Waals surface area (Å²) in [4.78, 5) is 32.1. The number of hydrogen-bond donors (Lipinski definition) is 4. The van der Waals surface area contributed by atoms with Crippen molar-refractivity contribution in [2.45, 2.75) is 167 Å². The van der Waals surface area contributed by atoms with Crippen molar-refractivity contribution in [1.29, 1.82) is 0 Å². The van der Waals surface area contributed by atoms with Crippen LogP contribution in [-0.2, 0) is 42.7 Å². The number of cyclic esters (lactones) is 1. The molecule has 3 saturated heterocycles. The lowest BCUT2D eigenvalue weighted by Gasteiger charge is -2.47. The lowest BCUT2D eigenvalue weighted by Crippen LogP contribution is -2.63. The van der Waals surface area contributed by atoms with Crippen LogP contribution in [0.1, 0.15) is 87.5 Å². The number of ether oxygens (including phenoxy) is 7. The third-order valence-electron chi connectivity index (χ3n) is 13.5. The van der Waals surface area contributed by atoms with Gasteiger partial charge in [0.1, 0.15) is 30.5 Å². The molecule has 4 heterocycles. The molecular weight excluding hydrogens is 789 g/mol. The zero-order valence-corrected chi connectivity index (χ0v) is 38.9. The maximum atomic E-state index is 14.0. The molecule has 0 saturated carbocycles. The third-order valence-corrected chi connectivity index (χ3v) is 13.5. The number of esters is 1. The largest absolute Gasteiger partial charge is 0.462 e. The number of methoxy groups -OCH3 is 2. The summed E-state index contributed by atoms with van der Waals surface area (Å²) >= 11 is 0. The Balaban J connectivity index is 1.68. The Bertz CT molecular complexity index is 1420. The van der Waals surface area contributed by atoms with Crippen LogP contribution in [0.25, 0.3) is 0 Å². The highest BCUT2D eigenvalue weighted by Crippen LogP contribution is 2.36. The molecule has 0 aromatic rings. The van der Waals surface area contributed by atoms with E-state index in [1.54, 1.807) is 45.0 Å². The van der Waals surface area contributed by atoms with Crippen LogP contribution in [0.15, 0.2) is 23.8 Å². The van der Waals surface area contributed by atoms with Crippen molar-refractivity contribution in [3.8, 4) is 0 Å². The smallest absolute Gasteiger partial charge is 0.308 e. The van der Waals surface area contributed by atoms with Crippen molar-refractivity contribution < 1.29 is 63.2 Å². The molecule has 61 heavy (non-hydrogen) atoms. The number of carbonyl (C=O) groups is 2. The molecule has 3 fully saturated rings. The number of likely N-dealkylation sites (N-methyl/N-ethyl adjacent to an activating group) is 1. The lowest BCUT2D eigenvalue weighted by molar-refractivity contribution is -0.304. The maximum Gasteiger partial charge on any atom is 0.308 e. The summed E-state index contributed by atoms with van der Waals surface area (Å²) in [5, 5.41) is 45.3. The van der Waals surface area contributed by atoms with Gasteiger partial charge in [-0.15, -0.1) is 0 Å². The number of allylic oxidation sites excluding steroid dienone is 3. The van der Waals surface area contributed by atoms with E-state index in [4.69, 9.17) is 33.2 Å². The molecule has 4 aliphatic rings. The fourth-order valence-corrected chi connectivity index (χ4v) is 10.0. The monoisotopic (exact) mass is 869 g/mol. The van der Waals surface area contributed by atoms with Crippen molar-refractivity contribution in [3.05, 3.63) is 23.8 Å². The molecule has 0 bridgehead atoms. The van der Waals surface area contributed by atoms with Crippen LogP contribution in [0.3, 0.4) is 0 Å². The van der Waals surface area contributed by atoms with Gasteiger partial charge in [0.05, 0.1) is 49.6 Å². The topological polar surface area (TPSA) is 186 Å². The van der Waals surface area contributed by atoms with Crippen LogP contribution in [0.5, 0.6) is 0 Å². The van der Waals surface area contributed by atoms with E-state index in [2.05, 4.69) is 18.7 Å².